The first-order chi connectivity index (χ1) is 7.93. The second kappa shape index (κ2) is 6.18. The van der Waals surface area contributed by atoms with Gasteiger partial charge in [0, 0.05) is 19.0 Å². The van der Waals surface area contributed by atoms with Crippen molar-refractivity contribution in [2.75, 3.05) is 25.6 Å². The van der Waals surface area contributed by atoms with E-state index in [1.54, 1.807) is 0 Å². The Bertz CT molecular complexity index is 343. The van der Waals surface area contributed by atoms with Gasteiger partial charge >= 0.3 is 6.18 Å². The van der Waals surface area contributed by atoms with Gasteiger partial charge in [-0.1, -0.05) is 0 Å². The number of hydrogen-bond donors (Lipinski definition) is 2. The number of anilines is 1. The van der Waals surface area contributed by atoms with Crippen LogP contribution in [0.5, 0.6) is 0 Å². The van der Waals surface area contributed by atoms with E-state index in [9.17, 15) is 18.3 Å². The van der Waals surface area contributed by atoms with Gasteiger partial charge < -0.3 is 15.2 Å². The summed E-state index contributed by atoms with van der Waals surface area (Å²) in [4.78, 5) is 3.39. The van der Waals surface area contributed by atoms with E-state index in [4.69, 9.17) is 4.74 Å². The van der Waals surface area contributed by atoms with Crippen LogP contribution < -0.4 is 5.32 Å². The van der Waals surface area contributed by atoms with Crippen molar-refractivity contribution in [3.05, 3.63) is 11.1 Å². The largest absolute Gasteiger partial charge is 0.434 e. The fraction of sp³-hybridized carbons (Fsp3) is 0.667. The lowest BCUT2D eigenvalue weighted by atomic mass is 10.3. The van der Waals surface area contributed by atoms with Crippen molar-refractivity contribution in [2.45, 2.75) is 18.7 Å². The molecule has 1 heterocycles. The minimum atomic E-state index is -4.41. The zero-order valence-electron chi connectivity index (χ0n) is 9.12. The number of hydrogen-bond acceptors (Lipinski definition) is 5. The van der Waals surface area contributed by atoms with Crippen LogP contribution in [-0.4, -0.2) is 36.5 Å². The SMILES string of the molecule is COCC(O)CCNc1nc(C(F)(F)F)cs1. The van der Waals surface area contributed by atoms with Crippen molar-refractivity contribution in [3.8, 4) is 0 Å². The summed E-state index contributed by atoms with van der Waals surface area (Å²) in [6, 6.07) is 0. The van der Waals surface area contributed by atoms with Crippen molar-refractivity contribution >= 4 is 16.5 Å². The number of alkyl halides is 3. The average Bonchev–Trinajstić information content (AvgIpc) is 2.66. The topological polar surface area (TPSA) is 54.4 Å². The van der Waals surface area contributed by atoms with Crippen molar-refractivity contribution in [1.29, 1.82) is 0 Å². The highest BCUT2D eigenvalue weighted by Crippen LogP contribution is 2.31. The number of ether oxygens (including phenoxy) is 1. The van der Waals surface area contributed by atoms with Crippen LogP contribution in [0.15, 0.2) is 5.38 Å². The molecule has 4 nitrogen and oxygen atoms in total. The quantitative estimate of drug-likeness (QED) is 0.830. The van der Waals surface area contributed by atoms with Gasteiger partial charge in [0.25, 0.3) is 0 Å². The Morgan fingerprint density at radius 3 is 2.82 bits per heavy atom. The zero-order chi connectivity index (χ0) is 12.9. The number of aliphatic hydroxyl groups is 1. The number of aromatic nitrogens is 1. The summed E-state index contributed by atoms with van der Waals surface area (Å²) < 4.78 is 41.4. The van der Waals surface area contributed by atoms with Crippen LogP contribution in [0.3, 0.4) is 0 Å². The molecule has 1 aromatic heterocycles. The first-order valence-electron chi connectivity index (χ1n) is 4.87. The maximum Gasteiger partial charge on any atom is 0.434 e. The first-order valence-corrected chi connectivity index (χ1v) is 5.75. The van der Waals surface area contributed by atoms with Crippen LogP contribution in [-0.2, 0) is 10.9 Å². The van der Waals surface area contributed by atoms with Crippen molar-refractivity contribution in [1.82, 2.24) is 4.98 Å². The molecule has 0 fully saturated rings. The molecule has 0 aliphatic heterocycles. The smallest absolute Gasteiger partial charge is 0.391 e. The number of methoxy groups -OCH3 is 1. The molecular formula is C9H13F3N2O2S. The molecular weight excluding hydrogens is 257 g/mol. The predicted octanol–water partition coefficient (Wildman–Crippen LogP) is 1.97. The van der Waals surface area contributed by atoms with Gasteiger partial charge in [-0.25, -0.2) is 4.98 Å². The minimum absolute atomic E-state index is 0.196. The summed E-state index contributed by atoms with van der Waals surface area (Å²) in [6.07, 6.45) is -4.66. The van der Waals surface area contributed by atoms with Crippen LogP contribution >= 0.6 is 11.3 Å². The van der Waals surface area contributed by atoms with Gasteiger partial charge in [0.15, 0.2) is 10.8 Å². The molecule has 98 valence electrons. The summed E-state index contributed by atoms with van der Waals surface area (Å²) in [5, 5.41) is 13.2. The maximum absolute atomic E-state index is 12.2. The number of nitrogens with zero attached hydrogens (tertiary/aromatic N) is 1. The lowest BCUT2D eigenvalue weighted by Crippen LogP contribution is -2.18. The number of rotatable bonds is 6. The summed E-state index contributed by atoms with van der Waals surface area (Å²) in [7, 11) is 1.47. The van der Waals surface area contributed by atoms with E-state index in [2.05, 4.69) is 10.3 Å². The van der Waals surface area contributed by atoms with Crippen molar-refractivity contribution in [2.24, 2.45) is 0 Å². The Balaban J connectivity index is 2.35. The monoisotopic (exact) mass is 270 g/mol. The number of nitrogens with one attached hydrogen (secondary N) is 1. The number of aliphatic hydroxyl groups excluding tert-OH is 1. The molecule has 0 saturated heterocycles. The van der Waals surface area contributed by atoms with E-state index in [0.29, 0.717) is 13.0 Å². The second-order valence-electron chi connectivity index (χ2n) is 3.36. The Kier molecular flexibility index (Phi) is 5.16. The Hall–Kier alpha value is -0.860. The lowest BCUT2D eigenvalue weighted by Gasteiger charge is -2.09. The average molecular weight is 270 g/mol. The van der Waals surface area contributed by atoms with Gasteiger partial charge in [0.05, 0.1) is 12.7 Å². The molecule has 0 bridgehead atoms. The van der Waals surface area contributed by atoms with Gasteiger partial charge in [-0.3, -0.25) is 0 Å². The third-order valence-electron chi connectivity index (χ3n) is 1.91. The van der Waals surface area contributed by atoms with Gasteiger partial charge in [-0.2, -0.15) is 13.2 Å². The maximum atomic E-state index is 12.2. The summed E-state index contributed by atoms with van der Waals surface area (Å²) >= 11 is 0.886. The van der Waals surface area contributed by atoms with Crippen LogP contribution in [0.4, 0.5) is 18.3 Å². The van der Waals surface area contributed by atoms with E-state index in [0.717, 1.165) is 16.7 Å². The fourth-order valence-corrected chi connectivity index (χ4v) is 1.85. The van der Waals surface area contributed by atoms with E-state index >= 15 is 0 Å². The molecule has 1 rings (SSSR count). The molecule has 0 aromatic carbocycles. The molecule has 1 aromatic rings. The molecule has 0 spiro atoms. The molecule has 0 amide bonds. The van der Waals surface area contributed by atoms with Gasteiger partial charge in [0.1, 0.15) is 0 Å². The van der Waals surface area contributed by atoms with E-state index in [1.807, 2.05) is 0 Å². The number of thiazole rings is 1. The van der Waals surface area contributed by atoms with E-state index < -0.39 is 18.0 Å². The first kappa shape index (κ1) is 14.2. The Morgan fingerprint density at radius 1 is 1.59 bits per heavy atom. The minimum Gasteiger partial charge on any atom is -0.391 e. The Morgan fingerprint density at radius 2 is 2.29 bits per heavy atom. The highest BCUT2D eigenvalue weighted by Gasteiger charge is 2.33. The van der Waals surface area contributed by atoms with Crippen LogP contribution in [0.25, 0.3) is 0 Å². The third-order valence-corrected chi connectivity index (χ3v) is 2.71. The zero-order valence-corrected chi connectivity index (χ0v) is 9.94. The van der Waals surface area contributed by atoms with Crippen molar-refractivity contribution in [3.63, 3.8) is 0 Å². The van der Waals surface area contributed by atoms with E-state index in [-0.39, 0.29) is 11.7 Å². The molecule has 0 saturated carbocycles. The van der Waals surface area contributed by atoms with Crippen LogP contribution in [0, 0.1) is 0 Å². The predicted molar refractivity (Wildman–Crippen MR) is 58.1 cm³/mol. The molecule has 1 atom stereocenters. The molecule has 2 N–H and O–H groups in total. The van der Waals surface area contributed by atoms with Crippen molar-refractivity contribution < 1.29 is 23.0 Å². The molecule has 0 aliphatic rings. The Labute approximate surface area is 100 Å². The lowest BCUT2D eigenvalue weighted by molar-refractivity contribution is -0.140. The van der Waals surface area contributed by atoms with Gasteiger partial charge in [0.2, 0.25) is 0 Å². The second-order valence-corrected chi connectivity index (χ2v) is 4.22. The summed E-state index contributed by atoms with van der Waals surface area (Å²) in [5.74, 6) is 0. The molecule has 0 radical (unpaired) electrons. The van der Waals surface area contributed by atoms with Gasteiger partial charge in [-0.05, 0) is 6.42 Å². The highest BCUT2D eigenvalue weighted by atomic mass is 32.1. The normalized spacial score (nSPS) is 13.7. The summed E-state index contributed by atoms with van der Waals surface area (Å²) in [5.41, 5.74) is -0.901. The molecule has 0 aliphatic carbocycles. The molecule has 17 heavy (non-hydrogen) atoms. The van der Waals surface area contributed by atoms with Gasteiger partial charge in [-0.15, -0.1) is 11.3 Å². The molecule has 1 unspecified atom stereocenters. The standard InChI is InChI=1S/C9H13F3N2O2S/c1-16-4-6(15)2-3-13-8-14-7(5-17-8)9(10,11)12/h5-6,15H,2-4H2,1H3,(H,13,14). The number of halogens is 3. The van der Waals surface area contributed by atoms with Crippen LogP contribution in [0.1, 0.15) is 12.1 Å². The van der Waals surface area contributed by atoms with E-state index in [1.165, 1.54) is 7.11 Å². The highest BCUT2D eigenvalue weighted by molar-refractivity contribution is 7.13. The summed E-state index contributed by atoms with van der Waals surface area (Å²) in [6.45, 7) is 0.544. The molecule has 8 heteroatoms. The van der Waals surface area contributed by atoms with Crippen LogP contribution in [0.2, 0.25) is 0 Å². The third kappa shape index (κ3) is 4.88. The fourth-order valence-electron chi connectivity index (χ4n) is 1.11.